The van der Waals surface area contributed by atoms with Gasteiger partial charge in [-0.25, -0.2) is 0 Å². The van der Waals surface area contributed by atoms with E-state index in [0.717, 1.165) is 39.0 Å². The highest BCUT2D eigenvalue weighted by atomic mass is 16.4. The molecule has 4 nitrogen and oxygen atoms in total. The van der Waals surface area contributed by atoms with Gasteiger partial charge in [-0.05, 0) is 51.9 Å². The Morgan fingerprint density at radius 2 is 2.06 bits per heavy atom. The van der Waals surface area contributed by atoms with Crippen molar-refractivity contribution >= 4 is 5.97 Å². The van der Waals surface area contributed by atoms with Crippen LogP contribution in [-0.4, -0.2) is 48.2 Å². The first kappa shape index (κ1) is 13.5. The molecule has 4 heteroatoms. The molecule has 2 N–H and O–H groups in total. The summed E-state index contributed by atoms with van der Waals surface area (Å²) in [5.74, 6) is -0.676. The largest absolute Gasteiger partial charge is 0.481 e. The second-order valence-electron chi connectivity index (χ2n) is 4.46. The molecule has 0 amide bonds. The second kappa shape index (κ2) is 7.63. The number of piperidine rings is 1. The van der Waals surface area contributed by atoms with Crippen LogP contribution in [0.25, 0.3) is 0 Å². The van der Waals surface area contributed by atoms with E-state index in [4.69, 9.17) is 5.11 Å². The fourth-order valence-electron chi connectivity index (χ4n) is 2.36. The van der Waals surface area contributed by atoms with Crippen molar-refractivity contribution in [1.82, 2.24) is 10.2 Å². The predicted octanol–water partition coefficient (Wildman–Crippen LogP) is 1.32. The molecule has 0 aliphatic carbocycles. The lowest BCUT2D eigenvalue weighted by molar-refractivity contribution is -0.137. The van der Waals surface area contributed by atoms with E-state index in [2.05, 4.69) is 17.1 Å². The molecule has 1 fully saturated rings. The van der Waals surface area contributed by atoms with Crippen LogP contribution in [0, 0.1) is 0 Å². The van der Waals surface area contributed by atoms with Gasteiger partial charge in [-0.1, -0.05) is 6.92 Å². The summed E-state index contributed by atoms with van der Waals surface area (Å²) in [6.45, 7) is 6.57. The Hall–Kier alpha value is -0.610. The topological polar surface area (TPSA) is 52.6 Å². The summed E-state index contributed by atoms with van der Waals surface area (Å²) in [6.07, 6.45) is 4.57. The average molecular weight is 228 g/mol. The van der Waals surface area contributed by atoms with Gasteiger partial charge in [0.1, 0.15) is 0 Å². The van der Waals surface area contributed by atoms with E-state index in [0.29, 0.717) is 12.5 Å². The number of unbranched alkanes of at least 4 members (excludes halogenated alkanes) is 1. The van der Waals surface area contributed by atoms with Gasteiger partial charge in [-0.3, -0.25) is 4.79 Å². The quantitative estimate of drug-likeness (QED) is 0.645. The molecule has 1 aliphatic heterocycles. The van der Waals surface area contributed by atoms with Crippen molar-refractivity contribution in [3.8, 4) is 0 Å². The van der Waals surface area contributed by atoms with Crippen LogP contribution < -0.4 is 5.32 Å². The van der Waals surface area contributed by atoms with Crippen molar-refractivity contribution in [1.29, 1.82) is 0 Å². The molecular formula is C12H24N2O2. The van der Waals surface area contributed by atoms with E-state index in [9.17, 15) is 4.79 Å². The van der Waals surface area contributed by atoms with Gasteiger partial charge in [0.2, 0.25) is 0 Å². The maximum Gasteiger partial charge on any atom is 0.303 e. The van der Waals surface area contributed by atoms with E-state index in [1.54, 1.807) is 0 Å². The highest BCUT2D eigenvalue weighted by Crippen LogP contribution is 2.12. The molecule has 1 heterocycles. The standard InChI is InChI=1S/C12H24N2O2/c1-2-14(10-4-3-5-12(15)16)11-6-8-13-9-7-11/h11,13H,2-10H2,1H3,(H,15,16). The maximum absolute atomic E-state index is 10.4. The highest BCUT2D eigenvalue weighted by molar-refractivity contribution is 5.66. The minimum absolute atomic E-state index is 0.309. The van der Waals surface area contributed by atoms with Crippen LogP contribution in [0.2, 0.25) is 0 Å². The predicted molar refractivity (Wildman–Crippen MR) is 64.6 cm³/mol. The van der Waals surface area contributed by atoms with Gasteiger partial charge in [0.05, 0.1) is 0 Å². The molecule has 94 valence electrons. The molecule has 0 aromatic carbocycles. The lowest BCUT2D eigenvalue weighted by Gasteiger charge is -2.33. The van der Waals surface area contributed by atoms with Crippen molar-refractivity contribution in [2.75, 3.05) is 26.2 Å². The summed E-state index contributed by atoms with van der Waals surface area (Å²) >= 11 is 0. The van der Waals surface area contributed by atoms with Crippen molar-refractivity contribution in [3.63, 3.8) is 0 Å². The Balaban J connectivity index is 2.17. The Morgan fingerprint density at radius 3 is 2.62 bits per heavy atom. The molecular weight excluding hydrogens is 204 g/mol. The molecule has 0 aromatic heterocycles. The zero-order valence-corrected chi connectivity index (χ0v) is 10.2. The summed E-state index contributed by atoms with van der Waals surface area (Å²) < 4.78 is 0. The first-order chi connectivity index (χ1) is 7.74. The Labute approximate surface area is 98.0 Å². The van der Waals surface area contributed by atoms with Crippen LogP contribution in [-0.2, 0) is 4.79 Å². The number of carboxylic acid groups (broad SMARTS) is 1. The highest BCUT2D eigenvalue weighted by Gasteiger charge is 2.18. The third-order valence-corrected chi connectivity index (χ3v) is 3.32. The van der Waals surface area contributed by atoms with Crippen LogP contribution in [0.3, 0.4) is 0 Å². The zero-order valence-electron chi connectivity index (χ0n) is 10.2. The first-order valence-corrected chi connectivity index (χ1v) is 6.40. The van der Waals surface area contributed by atoms with Crippen LogP contribution in [0.15, 0.2) is 0 Å². The van der Waals surface area contributed by atoms with Gasteiger partial charge >= 0.3 is 5.97 Å². The number of carboxylic acids is 1. The Bertz CT molecular complexity index is 203. The molecule has 0 unspecified atom stereocenters. The Morgan fingerprint density at radius 1 is 1.38 bits per heavy atom. The number of nitrogens with zero attached hydrogens (tertiary/aromatic N) is 1. The normalized spacial score (nSPS) is 17.9. The van der Waals surface area contributed by atoms with Crippen molar-refractivity contribution in [3.05, 3.63) is 0 Å². The summed E-state index contributed by atoms with van der Waals surface area (Å²) in [4.78, 5) is 12.9. The van der Waals surface area contributed by atoms with E-state index in [-0.39, 0.29) is 0 Å². The number of nitrogens with one attached hydrogen (secondary N) is 1. The third kappa shape index (κ3) is 4.94. The molecule has 0 saturated carbocycles. The molecule has 0 aromatic rings. The molecule has 1 saturated heterocycles. The van der Waals surface area contributed by atoms with E-state index < -0.39 is 5.97 Å². The summed E-state index contributed by atoms with van der Waals surface area (Å²) in [6, 6.07) is 0.705. The molecule has 1 aliphatic rings. The first-order valence-electron chi connectivity index (χ1n) is 6.40. The lowest BCUT2D eigenvalue weighted by Crippen LogP contribution is -2.43. The monoisotopic (exact) mass is 228 g/mol. The smallest absolute Gasteiger partial charge is 0.303 e. The second-order valence-corrected chi connectivity index (χ2v) is 4.46. The number of hydrogen-bond acceptors (Lipinski definition) is 3. The summed E-state index contributed by atoms with van der Waals surface area (Å²) in [7, 11) is 0. The fourth-order valence-corrected chi connectivity index (χ4v) is 2.36. The van der Waals surface area contributed by atoms with Crippen LogP contribution in [0.5, 0.6) is 0 Å². The summed E-state index contributed by atoms with van der Waals surface area (Å²) in [5.41, 5.74) is 0. The number of carbonyl (C=O) groups is 1. The van der Waals surface area contributed by atoms with Gasteiger partial charge in [0.25, 0.3) is 0 Å². The maximum atomic E-state index is 10.4. The van der Waals surface area contributed by atoms with Crippen LogP contribution in [0.4, 0.5) is 0 Å². The van der Waals surface area contributed by atoms with Crippen molar-refractivity contribution in [2.24, 2.45) is 0 Å². The van der Waals surface area contributed by atoms with E-state index in [1.165, 1.54) is 12.8 Å². The molecule has 1 rings (SSSR count). The van der Waals surface area contributed by atoms with Crippen molar-refractivity contribution < 1.29 is 9.90 Å². The van der Waals surface area contributed by atoms with E-state index in [1.807, 2.05) is 0 Å². The van der Waals surface area contributed by atoms with Crippen LogP contribution in [0.1, 0.15) is 39.0 Å². The number of aliphatic carboxylic acids is 1. The zero-order chi connectivity index (χ0) is 11.8. The number of hydrogen-bond donors (Lipinski definition) is 2. The number of rotatable bonds is 7. The lowest BCUT2D eigenvalue weighted by atomic mass is 10.0. The molecule has 16 heavy (non-hydrogen) atoms. The van der Waals surface area contributed by atoms with Gasteiger partial charge < -0.3 is 15.3 Å². The molecule has 0 atom stereocenters. The third-order valence-electron chi connectivity index (χ3n) is 3.32. The van der Waals surface area contributed by atoms with Gasteiger partial charge in [0, 0.05) is 12.5 Å². The van der Waals surface area contributed by atoms with Gasteiger partial charge in [-0.2, -0.15) is 0 Å². The van der Waals surface area contributed by atoms with E-state index >= 15 is 0 Å². The average Bonchev–Trinajstić information content (AvgIpc) is 2.30. The molecule has 0 bridgehead atoms. The minimum Gasteiger partial charge on any atom is -0.481 e. The van der Waals surface area contributed by atoms with Crippen molar-refractivity contribution in [2.45, 2.75) is 45.1 Å². The Kier molecular flexibility index (Phi) is 6.42. The molecule has 0 radical (unpaired) electrons. The van der Waals surface area contributed by atoms with Gasteiger partial charge in [-0.15, -0.1) is 0 Å². The fraction of sp³-hybridized carbons (Fsp3) is 0.917. The van der Waals surface area contributed by atoms with Gasteiger partial charge in [0.15, 0.2) is 0 Å². The van der Waals surface area contributed by atoms with Crippen LogP contribution >= 0.6 is 0 Å². The molecule has 0 spiro atoms. The SMILES string of the molecule is CCN(CCCCC(=O)O)C1CCNCC1. The minimum atomic E-state index is -0.676. The summed E-state index contributed by atoms with van der Waals surface area (Å²) in [5, 5.41) is 11.9.